The molecule has 19 heavy (non-hydrogen) atoms. The molecular weight excluding hydrogens is 246 g/mol. The maximum Gasteiger partial charge on any atom is 0.310 e. The van der Waals surface area contributed by atoms with Crippen molar-refractivity contribution in [3.8, 4) is 0 Å². The molecule has 0 spiro atoms. The largest absolute Gasteiger partial charge is 0.469 e. The molecule has 2 rings (SSSR count). The second-order valence-corrected chi connectivity index (χ2v) is 4.88. The SMILES string of the molecule is COC(=O)C1CCCN(C(=O)c2cnn(C)c2C)C1. The van der Waals surface area contributed by atoms with Crippen LogP contribution in [0, 0.1) is 12.8 Å². The molecule has 1 aromatic heterocycles. The highest BCUT2D eigenvalue weighted by Crippen LogP contribution is 2.20. The quantitative estimate of drug-likeness (QED) is 0.740. The van der Waals surface area contributed by atoms with E-state index in [2.05, 4.69) is 5.10 Å². The third kappa shape index (κ3) is 2.62. The minimum atomic E-state index is -0.236. The Morgan fingerprint density at radius 3 is 2.79 bits per heavy atom. The molecule has 1 atom stereocenters. The van der Waals surface area contributed by atoms with Crippen LogP contribution in [-0.4, -0.2) is 46.8 Å². The minimum Gasteiger partial charge on any atom is -0.469 e. The van der Waals surface area contributed by atoms with E-state index in [-0.39, 0.29) is 17.8 Å². The topological polar surface area (TPSA) is 64.4 Å². The van der Waals surface area contributed by atoms with E-state index in [4.69, 9.17) is 4.74 Å². The molecule has 0 radical (unpaired) electrons. The summed E-state index contributed by atoms with van der Waals surface area (Å²) in [5.74, 6) is -0.501. The number of esters is 1. The Hall–Kier alpha value is -1.85. The van der Waals surface area contributed by atoms with Crippen molar-refractivity contribution in [1.82, 2.24) is 14.7 Å². The third-order valence-electron chi connectivity index (χ3n) is 3.71. The molecular formula is C13H19N3O3. The van der Waals surface area contributed by atoms with Gasteiger partial charge in [-0.1, -0.05) is 0 Å². The van der Waals surface area contributed by atoms with Gasteiger partial charge in [-0.15, -0.1) is 0 Å². The van der Waals surface area contributed by atoms with E-state index in [9.17, 15) is 9.59 Å². The fourth-order valence-corrected chi connectivity index (χ4v) is 2.40. The van der Waals surface area contributed by atoms with Gasteiger partial charge in [0.2, 0.25) is 0 Å². The first-order valence-electron chi connectivity index (χ1n) is 6.40. The van der Waals surface area contributed by atoms with E-state index in [0.717, 1.165) is 18.5 Å². The Morgan fingerprint density at radius 2 is 2.21 bits per heavy atom. The Morgan fingerprint density at radius 1 is 1.47 bits per heavy atom. The maximum atomic E-state index is 12.4. The number of piperidine rings is 1. The van der Waals surface area contributed by atoms with E-state index in [1.165, 1.54) is 7.11 Å². The van der Waals surface area contributed by atoms with Crippen LogP contribution in [0.5, 0.6) is 0 Å². The van der Waals surface area contributed by atoms with Gasteiger partial charge < -0.3 is 9.64 Å². The summed E-state index contributed by atoms with van der Waals surface area (Å²) >= 11 is 0. The van der Waals surface area contributed by atoms with Crippen molar-refractivity contribution < 1.29 is 14.3 Å². The van der Waals surface area contributed by atoms with E-state index >= 15 is 0 Å². The first kappa shape index (κ1) is 13.6. The zero-order chi connectivity index (χ0) is 14.0. The number of likely N-dealkylation sites (tertiary alicyclic amines) is 1. The summed E-state index contributed by atoms with van der Waals surface area (Å²) < 4.78 is 6.43. The van der Waals surface area contributed by atoms with Crippen LogP contribution in [0.4, 0.5) is 0 Å². The van der Waals surface area contributed by atoms with Gasteiger partial charge in [-0.3, -0.25) is 14.3 Å². The summed E-state index contributed by atoms with van der Waals surface area (Å²) in [6.45, 7) is 2.97. The number of methoxy groups -OCH3 is 1. The smallest absolute Gasteiger partial charge is 0.310 e. The zero-order valence-corrected chi connectivity index (χ0v) is 11.5. The lowest BCUT2D eigenvalue weighted by Gasteiger charge is -2.31. The molecule has 0 aliphatic carbocycles. The van der Waals surface area contributed by atoms with Crippen LogP contribution in [0.25, 0.3) is 0 Å². The summed E-state index contributed by atoms with van der Waals surface area (Å²) in [5.41, 5.74) is 1.44. The first-order chi connectivity index (χ1) is 9.04. The standard InChI is InChI=1S/C13H19N3O3/c1-9-11(7-14-15(9)2)12(17)16-6-4-5-10(8-16)13(18)19-3/h7,10H,4-6,8H2,1-3H3. The molecule has 2 heterocycles. The highest BCUT2D eigenvalue weighted by Gasteiger charge is 2.30. The van der Waals surface area contributed by atoms with Crippen molar-refractivity contribution in [2.45, 2.75) is 19.8 Å². The van der Waals surface area contributed by atoms with Crippen molar-refractivity contribution in [1.29, 1.82) is 0 Å². The van der Waals surface area contributed by atoms with Crippen molar-refractivity contribution in [3.63, 3.8) is 0 Å². The lowest BCUT2D eigenvalue weighted by molar-refractivity contribution is -0.146. The number of nitrogens with zero attached hydrogens (tertiary/aromatic N) is 3. The molecule has 0 aromatic carbocycles. The lowest BCUT2D eigenvalue weighted by atomic mass is 9.97. The number of hydrogen-bond donors (Lipinski definition) is 0. The van der Waals surface area contributed by atoms with Crippen molar-refractivity contribution in [2.24, 2.45) is 13.0 Å². The lowest BCUT2D eigenvalue weighted by Crippen LogP contribution is -2.42. The van der Waals surface area contributed by atoms with Crippen LogP contribution in [0.15, 0.2) is 6.20 Å². The molecule has 6 heteroatoms. The number of hydrogen-bond acceptors (Lipinski definition) is 4. The fourth-order valence-electron chi connectivity index (χ4n) is 2.40. The van der Waals surface area contributed by atoms with Crippen LogP contribution in [0.2, 0.25) is 0 Å². The second-order valence-electron chi connectivity index (χ2n) is 4.88. The van der Waals surface area contributed by atoms with Crippen LogP contribution < -0.4 is 0 Å². The van der Waals surface area contributed by atoms with Crippen LogP contribution >= 0.6 is 0 Å². The number of aryl methyl sites for hydroxylation is 1. The Bertz CT molecular complexity index is 495. The van der Waals surface area contributed by atoms with Gasteiger partial charge in [0.1, 0.15) is 0 Å². The molecule has 1 amide bonds. The number of aromatic nitrogens is 2. The second kappa shape index (κ2) is 5.42. The average Bonchev–Trinajstić information content (AvgIpc) is 2.77. The van der Waals surface area contributed by atoms with Crippen LogP contribution in [0.3, 0.4) is 0 Å². The van der Waals surface area contributed by atoms with Crippen molar-refractivity contribution in [3.05, 3.63) is 17.5 Å². The number of amides is 1. The Balaban J connectivity index is 2.11. The Labute approximate surface area is 112 Å². The van der Waals surface area contributed by atoms with Gasteiger partial charge in [-0.25, -0.2) is 0 Å². The molecule has 6 nitrogen and oxygen atoms in total. The first-order valence-corrected chi connectivity index (χ1v) is 6.40. The summed E-state index contributed by atoms with van der Waals surface area (Å²) in [6.07, 6.45) is 3.19. The van der Waals surface area contributed by atoms with Crippen LogP contribution in [0.1, 0.15) is 28.9 Å². The van der Waals surface area contributed by atoms with Gasteiger partial charge in [-0.2, -0.15) is 5.10 Å². The minimum absolute atomic E-state index is 0.0563. The molecule has 1 fully saturated rings. The predicted molar refractivity (Wildman–Crippen MR) is 68.6 cm³/mol. The zero-order valence-electron chi connectivity index (χ0n) is 11.5. The van der Waals surface area contributed by atoms with Gasteiger partial charge in [0.25, 0.3) is 5.91 Å². The molecule has 1 unspecified atom stereocenters. The molecule has 1 aliphatic heterocycles. The number of ether oxygens (including phenoxy) is 1. The molecule has 0 bridgehead atoms. The molecule has 104 valence electrons. The summed E-state index contributed by atoms with van der Waals surface area (Å²) in [7, 11) is 3.19. The third-order valence-corrected chi connectivity index (χ3v) is 3.71. The highest BCUT2D eigenvalue weighted by molar-refractivity contribution is 5.95. The number of rotatable bonds is 2. The number of carbonyl (C=O) groups is 2. The Kier molecular flexibility index (Phi) is 3.87. The molecule has 1 saturated heterocycles. The maximum absolute atomic E-state index is 12.4. The molecule has 0 saturated carbocycles. The molecule has 1 aromatic rings. The van der Waals surface area contributed by atoms with Gasteiger partial charge in [0.05, 0.1) is 24.8 Å². The van der Waals surface area contributed by atoms with Crippen molar-refractivity contribution in [2.75, 3.05) is 20.2 Å². The van der Waals surface area contributed by atoms with Gasteiger partial charge in [0, 0.05) is 25.8 Å². The molecule has 1 aliphatic rings. The average molecular weight is 265 g/mol. The van der Waals surface area contributed by atoms with Crippen LogP contribution in [-0.2, 0) is 16.6 Å². The van der Waals surface area contributed by atoms with Gasteiger partial charge in [0.15, 0.2) is 0 Å². The summed E-state index contributed by atoms with van der Waals surface area (Å²) in [4.78, 5) is 25.7. The fraction of sp³-hybridized carbons (Fsp3) is 0.615. The van der Waals surface area contributed by atoms with E-state index in [1.54, 1.807) is 22.8 Å². The molecule has 0 N–H and O–H groups in total. The van der Waals surface area contributed by atoms with E-state index in [0.29, 0.717) is 18.7 Å². The van der Waals surface area contributed by atoms with E-state index in [1.807, 2.05) is 6.92 Å². The number of carbonyl (C=O) groups excluding carboxylic acids is 2. The van der Waals surface area contributed by atoms with E-state index < -0.39 is 0 Å². The highest BCUT2D eigenvalue weighted by atomic mass is 16.5. The van der Waals surface area contributed by atoms with Gasteiger partial charge in [-0.05, 0) is 19.8 Å². The summed E-state index contributed by atoms with van der Waals surface area (Å²) in [6, 6.07) is 0. The van der Waals surface area contributed by atoms with Gasteiger partial charge >= 0.3 is 5.97 Å². The predicted octanol–water partition coefficient (Wildman–Crippen LogP) is 0.754. The normalized spacial score (nSPS) is 19.3. The monoisotopic (exact) mass is 265 g/mol. The van der Waals surface area contributed by atoms with Crippen molar-refractivity contribution >= 4 is 11.9 Å². The summed E-state index contributed by atoms with van der Waals surface area (Å²) in [5, 5.41) is 4.08.